The van der Waals surface area contributed by atoms with Gasteiger partial charge in [0.25, 0.3) is 0 Å². The third kappa shape index (κ3) is 7.86. The van der Waals surface area contributed by atoms with Crippen molar-refractivity contribution in [3.05, 3.63) is 77.0 Å². The number of fused-ring (bicyclic) bond motifs is 3. The molecule has 1 N–H and O–H groups in total. The summed E-state index contributed by atoms with van der Waals surface area (Å²) in [5.74, 6) is 6.04. The summed E-state index contributed by atoms with van der Waals surface area (Å²) in [6.45, 7) is 4.07. The summed E-state index contributed by atoms with van der Waals surface area (Å²) in [5, 5.41) is 9.17. The molecule has 3 aromatic rings. The van der Waals surface area contributed by atoms with Gasteiger partial charge >= 0.3 is 5.97 Å². The van der Waals surface area contributed by atoms with Gasteiger partial charge in [-0.1, -0.05) is 37.1 Å². The fraction of sp³-hybridized carbons (Fsp3) is 0.375. The molecule has 0 spiro atoms. The third-order valence-corrected chi connectivity index (χ3v) is 8.74. The number of hydrogen-bond donors (Lipinski definition) is 1. The lowest BCUT2D eigenvalue weighted by Gasteiger charge is -2.14. The van der Waals surface area contributed by atoms with Gasteiger partial charge in [0.1, 0.15) is 22.2 Å². The average molecular weight is 562 g/mol. The Morgan fingerprint density at radius 3 is 2.58 bits per heavy atom. The Morgan fingerprint density at radius 2 is 1.85 bits per heavy atom. The Kier molecular flexibility index (Phi) is 9.84. The number of carboxylic acids is 1. The number of aliphatic carboxylic acids is 1. The van der Waals surface area contributed by atoms with E-state index in [2.05, 4.69) is 30.0 Å². The van der Waals surface area contributed by atoms with E-state index in [4.69, 9.17) is 19.6 Å². The molecule has 0 unspecified atom stereocenters. The molecule has 40 heavy (non-hydrogen) atoms. The minimum atomic E-state index is -3.00. The second kappa shape index (κ2) is 13.5. The molecule has 2 aromatic carbocycles. The molecule has 0 aliphatic heterocycles. The fourth-order valence-electron chi connectivity index (χ4n) is 4.79. The topological polar surface area (TPSA) is 103 Å². The average Bonchev–Trinajstić information content (AvgIpc) is 3.12. The van der Waals surface area contributed by atoms with E-state index in [0.717, 1.165) is 47.2 Å². The van der Waals surface area contributed by atoms with Gasteiger partial charge in [0.15, 0.2) is 0 Å². The van der Waals surface area contributed by atoms with Crippen LogP contribution < -0.4 is 9.47 Å². The monoisotopic (exact) mass is 561 g/mol. The van der Waals surface area contributed by atoms with Gasteiger partial charge < -0.3 is 14.6 Å². The molecule has 1 atom stereocenters. The van der Waals surface area contributed by atoms with Crippen molar-refractivity contribution in [3.63, 3.8) is 0 Å². The number of sulfone groups is 1. The maximum Gasteiger partial charge on any atom is 0.304 e. The van der Waals surface area contributed by atoms with Gasteiger partial charge in [-0.2, -0.15) is 0 Å². The lowest BCUT2D eigenvalue weighted by atomic mass is 9.96. The molecule has 1 aliphatic carbocycles. The molecule has 1 aliphatic rings. The normalized spacial score (nSPS) is 13.2. The number of ether oxygens (including phenoxy) is 2. The highest BCUT2D eigenvalue weighted by molar-refractivity contribution is 7.91. The van der Waals surface area contributed by atoms with Crippen molar-refractivity contribution < 1.29 is 27.8 Å². The molecule has 210 valence electrons. The molecule has 0 radical (unpaired) electrons. The van der Waals surface area contributed by atoms with Crippen LogP contribution in [-0.4, -0.2) is 42.6 Å². The first-order valence-electron chi connectivity index (χ1n) is 13.6. The quantitative estimate of drug-likeness (QED) is 0.227. The van der Waals surface area contributed by atoms with Crippen LogP contribution in [0.15, 0.2) is 54.6 Å². The number of rotatable bonds is 12. The van der Waals surface area contributed by atoms with Crippen LogP contribution in [0.4, 0.5) is 0 Å². The number of carboxylic acid groups (broad SMARTS) is 1. The first-order chi connectivity index (χ1) is 19.3. The molecule has 7 nitrogen and oxygen atoms in total. The van der Waals surface area contributed by atoms with Crippen molar-refractivity contribution in [3.8, 4) is 34.6 Å². The van der Waals surface area contributed by atoms with Gasteiger partial charge in [-0.05, 0) is 79.1 Å². The second-order valence-corrected chi connectivity index (χ2v) is 12.3. The molecular formula is C32H35NO6S. The molecule has 4 rings (SSSR count). The van der Waals surface area contributed by atoms with E-state index in [1.807, 2.05) is 36.4 Å². The fourth-order valence-corrected chi connectivity index (χ4v) is 5.64. The van der Waals surface area contributed by atoms with Crippen molar-refractivity contribution in [2.45, 2.75) is 58.5 Å². The van der Waals surface area contributed by atoms with Crippen LogP contribution >= 0.6 is 0 Å². The lowest BCUT2D eigenvalue weighted by molar-refractivity contribution is -0.137. The molecule has 8 heteroatoms. The van der Waals surface area contributed by atoms with E-state index < -0.39 is 15.8 Å². The molecule has 0 saturated carbocycles. The summed E-state index contributed by atoms with van der Waals surface area (Å²) >= 11 is 0. The van der Waals surface area contributed by atoms with Gasteiger partial charge in [0, 0.05) is 17.4 Å². The number of benzene rings is 2. The van der Waals surface area contributed by atoms with Crippen LogP contribution in [0.1, 0.15) is 61.4 Å². The number of carbonyl (C=O) groups is 1. The summed E-state index contributed by atoms with van der Waals surface area (Å²) in [7, 11) is -3.00. The number of aryl methyl sites for hydroxylation is 2. The number of nitrogens with zero attached hydrogens (tertiary/aromatic N) is 1. The van der Waals surface area contributed by atoms with Crippen molar-refractivity contribution in [1.82, 2.24) is 4.98 Å². The zero-order valence-corrected chi connectivity index (χ0v) is 23.8. The summed E-state index contributed by atoms with van der Waals surface area (Å²) in [6, 6.07) is 17.7. The maximum atomic E-state index is 11.7. The van der Waals surface area contributed by atoms with Crippen LogP contribution in [0.3, 0.4) is 0 Å². The molecule has 0 bridgehead atoms. The number of hydrogen-bond acceptors (Lipinski definition) is 6. The lowest BCUT2D eigenvalue weighted by Crippen LogP contribution is -2.12. The van der Waals surface area contributed by atoms with E-state index in [0.29, 0.717) is 31.3 Å². The molecule has 1 aromatic heterocycles. The van der Waals surface area contributed by atoms with Crippen LogP contribution in [0.25, 0.3) is 11.1 Å². The Morgan fingerprint density at radius 1 is 1.05 bits per heavy atom. The highest BCUT2D eigenvalue weighted by atomic mass is 32.2. The first kappa shape index (κ1) is 29.2. The van der Waals surface area contributed by atoms with E-state index in [-0.39, 0.29) is 23.8 Å². The van der Waals surface area contributed by atoms with Crippen molar-refractivity contribution in [1.29, 1.82) is 0 Å². The van der Waals surface area contributed by atoms with E-state index in [1.54, 1.807) is 13.8 Å². The van der Waals surface area contributed by atoms with Gasteiger partial charge in [0.05, 0.1) is 30.4 Å². The van der Waals surface area contributed by atoms with E-state index >= 15 is 0 Å². The Balaban J connectivity index is 1.43. The molecule has 0 amide bonds. The summed E-state index contributed by atoms with van der Waals surface area (Å²) in [4.78, 5) is 15.9. The van der Waals surface area contributed by atoms with E-state index in [9.17, 15) is 13.2 Å². The maximum absolute atomic E-state index is 11.7. The zero-order chi connectivity index (χ0) is 28.5. The summed E-state index contributed by atoms with van der Waals surface area (Å²) in [5.41, 5.74) is 6.37. The first-order valence-corrected chi connectivity index (χ1v) is 15.4. The van der Waals surface area contributed by atoms with Gasteiger partial charge in [0.2, 0.25) is 5.88 Å². The molecule has 0 fully saturated rings. The number of aromatic nitrogens is 1. The highest BCUT2D eigenvalue weighted by Crippen LogP contribution is 2.34. The smallest absolute Gasteiger partial charge is 0.304 e. The Labute approximate surface area is 236 Å². The SMILES string of the molecule is CC#C[C@@H](CC(=O)O)c1ccc(OCc2ccc3c(c2)-c2ccc(OCCCS(=O)(=O)CC)nc2CCC3)cc1. The van der Waals surface area contributed by atoms with Crippen molar-refractivity contribution in [2.75, 3.05) is 18.1 Å². The predicted octanol–water partition coefficient (Wildman–Crippen LogP) is 5.60. The van der Waals surface area contributed by atoms with Crippen molar-refractivity contribution in [2.24, 2.45) is 0 Å². The Hall–Kier alpha value is -3.83. The largest absolute Gasteiger partial charge is 0.489 e. The van der Waals surface area contributed by atoms with Crippen molar-refractivity contribution >= 4 is 15.8 Å². The third-order valence-electron chi connectivity index (χ3n) is 6.95. The van der Waals surface area contributed by atoms with Crippen LogP contribution in [-0.2, 0) is 34.1 Å². The predicted molar refractivity (Wildman–Crippen MR) is 155 cm³/mol. The second-order valence-electron chi connectivity index (χ2n) is 9.83. The van der Waals surface area contributed by atoms with Crippen LogP contribution in [0, 0.1) is 11.8 Å². The summed E-state index contributed by atoms with van der Waals surface area (Å²) < 4.78 is 35.2. The summed E-state index contributed by atoms with van der Waals surface area (Å²) in [6.07, 6.45) is 3.19. The van der Waals surface area contributed by atoms with Crippen LogP contribution in [0.2, 0.25) is 0 Å². The highest BCUT2D eigenvalue weighted by Gasteiger charge is 2.18. The minimum Gasteiger partial charge on any atom is -0.489 e. The van der Waals surface area contributed by atoms with Gasteiger partial charge in [-0.25, -0.2) is 13.4 Å². The number of pyridine rings is 1. The molecular weight excluding hydrogens is 526 g/mol. The zero-order valence-electron chi connectivity index (χ0n) is 23.0. The molecule has 0 saturated heterocycles. The van der Waals surface area contributed by atoms with E-state index in [1.165, 1.54) is 5.56 Å². The van der Waals surface area contributed by atoms with Gasteiger partial charge in [-0.15, -0.1) is 5.92 Å². The standard InChI is InChI=1S/C32H35NO6S/c1-3-7-26(21-32(34)35)24-12-14-27(15-13-24)39-22-23-10-11-25-8-5-9-30-28(29(25)20-23)16-17-31(33-30)38-18-6-19-40(36,37)4-2/h10-17,20,26H,4-6,8-9,18-19,21-22H2,1-2H3,(H,34,35)/t26-/m0/s1. The Bertz CT molecular complexity index is 1500. The van der Waals surface area contributed by atoms with Crippen LogP contribution in [0.5, 0.6) is 11.6 Å². The van der Waals surface area contributed by atoms with Gasteiger partial charge in [-0.3, -0.25) is 4.79 Å². The minimum absolute atomic E-state index is 0.0383. The molecule has 1 heterocycles.